The summed E-state index contributed by atoms with van der Waals surface area (Å²) >= 11 is 0. The van der Waals surface area contributed by atoms with Gasteiger partial charge in [0.1, 0.15) is 11.4 Å². The third kappa shape index (κ3) is 4.31. The summed E-state index contributed by atoms with van der Waals surface area (Å²) in [5, 5.41) is 2.92. The average Bonchev–Trinajstić information content (AvgIpc) is 2.78. The number of alkyl carbamates (subject to hydrolysis) is 1. The second-order valence-electron chi connectivity index (χ2n) is 6.50. The molecule has 6 heteroatoms. The Hall–Kier alpha value is -1.85. The number of hydrogen-bond donors (Lipinski definition) is 1. The molecule has 0 bridgehead atoms. The molecule has 0 saturated carbocycles. The third-order valence-corrected chi connectivity index (χ3v) is 3.26. The first-order chi connectivity index (χ1) is 9.74. The minimum Gasteiger partial charge on any atom is -0.444 e. The Bertz CT molecular complexity index is 525. The molecule has 1 amide bonds. The quantitative estimate of drug-likeness (QED) is 0.905. The molecule has 1 saturated heterocycles. The summed E-state index contributed by atoms with van der Waals surface area (Å²) in [5.74, 6) is 0.906. The average molecular weight is 292 g/mol. The Morgan fingerprint density at radius 1 is 1.43 bits per heavy atom. The van der Waals surface area contributed by atoms with Crippen molar-refractivity contribution < 1.29 is 9.53 Å². The Balaban J connectivity index is 1.95. The van der Waals surface area contributed by atoms with Crippen molar-refractivity contribution in [3.05, 3.63) is 17.6 Å². The van der Waals surface area contributed by atoms with Crippen molar-refractivity contribution in [3.8, 4) is 0 Å². The molecular weight excluding hydrogens is 268 g/mol. The number of aryl methyl sites for hydroxylation is 2. The zero-order valence-corrected chi connectivity index (χ0v) is 13.4. The lowest BCUT2D eigenvalue weighted by Crippen LogP contribution is -2.40. The molecule has 1 fully saturated rings. The lowest BCUT2D eigenvalue weighted by molar-refractivity contribution is 0.0509. The minimum absolute atomic E-state index is 0.0848. The van der Waals surface area contributed by atoms with E-state index in [9.17, 15) is 4.79 Å². The molecule has 6 nitrogen and oxygen atoms in total. The van der Waals surface area contributed by atoms with E-state index in [-0.39, 0.29) is 12.1 Å². The molecule has 0 spiro atoms. The molecule has 2 heterocycles. The zero-order chi connectivity index (χ0) is 15.6. The van der Waals surface area contributed by atoms with Crippen molar-refractivity contribution in [1.29, 1.82) is 0 Å². The van der Waals surface area contributed by atoms with E-state index in [1.165, 1.54) is 0 Å². The number of hydrogen-bond acceptors (Lipinski definition) is 5. The van der Waals surface area contributed by atoms with Gasteiger partial charge in [0.25, 0.3) is 0 Å². The fourth-order valence-corrected chi connectivity index (χ4v) is 2.37. The first-order valence-corrected chi connectivity index (χ1v) is 7.29. The number of nitrogens with one attached hydrogen (secondary N) is 1. The number of anilines is 1. The maximum absolute atomic E-state index is 11.8. The molecule has 1 unspecified atom stereocenters. The second-order valence-corrected chi connectivity index (χ2v) is 6.50. The van der Waals surface area contributed by atoms with Gasteiger partial charge >= 0.3 is 6.09 Å². The van der Waals surface area contributed by atoms with Gasteiger partial charge in [-0.15, -0.1) is 0 Å². The Morgan fingerprint density at radius 3 is 2.81 bits per heavy atom. The molecule has 1 atom stereocenters. The van der Waals surface area contributed by atoms with Gasteiger partial charge in [0.2, 0.25) is 0 Å². The summed E-state index contributed by atoms with van der Waals surface area (Å²) in [6.45, 7) is 11.1. The summed E-state index contributed by atoms with van der Waals surface area (Å²) in [5.41, 5.74) is 1.35. The predicted molar refractivity (Wildman–Crippen MR) is 81.5 cm³/mol. The van der Waals surface area contributed by atoms with Crippen LogP contribution in [0, 0.1) is 13.8 Å². The van der Waals surface area contributed by atoms with Crippen molar-refractivity contribution >= 4 is 11.9 Å². The van der Waals surface area contributed by atoms with Crippen LogP contribution in [-0.2, 0) is 4.74 Å². The van der Waals surface area contributed by atoms with E-state index >= 15 is 0 Å². The fourth-order valence-electron chi connectivity index (χ4n) is 2.37. The van der Waals surface area contributed by atoms with Crippen LogP contribution in [0.4, 0.5) is 10.6 Å². The van der Waals surface area contributed by atoms with E-state index in [0.29, 0.717) is 0 Å². The zero-order valence-electron chi connectivity index (χ0n) is 13.4. The molecule has 1 aromatic heterocycles. The summed E-state index contributed by atoms with van der Waals surface area (Å²) in [7, 11) is 0. The molecule has 1 aromatic rings. The van der Waals surface area contributed by atoms with Crippen LogP contribution in [0.15, 0.2) is 6.20 Å². The fraction of sp³-hybridized carbons (Fsp3) is 0.667. The molecule has 2 rings (SSSR count). The number of carbonyl (C=O) groups is 1. The lowest BCUT2D eigenvalue weighted by Gasteiger charge is -2.22. The number of ether oxygens (including phenoxy) is 1. The molecule has 1 aliphatic heterocycles. The van der Waals surface area contributed by atoms with Crippen molar-refractivity contribution in [2.75, 3.05) is 18.0 Å². The van der Waals surface area contributed by atoms with Crippen LogP contribution in [0.25, 0.3) is 0 Å². The molecular formula is C15H24N4O2. The van der Waals surface area contributed by atoms with Crippen molar-refractivity contribution in [3.63, 3.8) is 0 Å². The first kappa shape index (κ1) is 15.5. The molecule has 0 radical (unpaired) electrons. The van der Waals surface area contributed by atoms with E-state index < -0.39 is 5.60 Å². The van der Waals surface area contributed by atoms with Gasteiger partial charge in [-0.2, -0.15) is 0 Å². The highest BCUT2D eigenvalue weighted by molar-refractivity contribution is 5.68. The van der Waals surface area contributed by atoms with Crippen LogP contribution in [0.5, 0.6) is 0 Å². The smallest absolute Gasteiger partial charge is 0.407 e. The highest BCUT2D eigenvalue weighted by Crippen LogP contribution is 2.21. The number of nitrogens with zero attached hydrogens (tertiary/aromatic N) is 3. The summed E-state index contributed by atoms with van der Waals surface area (Å²) in [6, 6.07) is 0.0848. The summed E-state index contributed by atoms with van der Waals surface area (Å²) in [6.07, 6.45) is 2.29. The van der Waals surface area contributed by atoms with E-state index in [2.05, 4.69) is 20.2 Å². The molecule has 116 valence electrons. The maximum atomic E-state index is 11.8. The van der Waals surface area contributed by atoms with E-state index in [1.54, 1.807) is 6.20 Å². The van der Waals surface area contributed by atoms with E-state index in [4.69, 9.17) is 4.74 Å². The second kappa shape index (κ2) is 5.87. The molecule has 0 aliphatic carbocycles. The number of carbonyl (C=O) groups excluding carboxylic acids is 1. The molecule has 0 aromatic carbocycles. The number of amides is 1. The standard InChI is InChI=1S/C15H24N4O2/c1-10-8-16-11(2)13(17-10)19-7-6-12(9-19)18-14(20)21-15(3,4)5/h8,12H,6-7,9H2,1-5H3,(H,18,20). The Morgan fingerprint density at radius 2 is 2.14 bits per heavy atom. The molecule has 1 N–H and O–H groups in total. The van der Waals surface area contributed by atoms with Crippen LogP contribution in [0.2, 0.25) is 0 Å². The van der Waals surface area contributed by atoms with Crippen LogP contribution < -0.4 is 10.2 Å². The van der Waals surface area contributed by atoms with Crippen LogP contribution >= 0.6 is 0 Å². The minimum atomic E-state index is -0.471. The van der Waals surface area contributed by atoms with Gasteiger partial charge in [0.15, 0.2) is 0 Å². The first-order valence-electron chi connectivity index (χ1n) is 7.29. The van der Waals surface area contributed by atoms with Gasteiger partial charge < -0.3 is 15.0 Å². The van der Waals surface area contributed by atoms with E-state index in [1.807, 2.05) is 34.6 Å². The van der Waals surface area contributed by atoms with Crippen molar-refractivity contribution in [2.24, 2.45) is 0 Å². The van der Waals surface area contributed by atoms with Gasteiger partial charge in [-0.25, -0.2) is 9.78 Å². The Labute approximate surface area is 125 Å². The molecule has 1 aliphatic rings. The largest absolute Gasteiger partial charge is 0.444 e. The van der Waals surface area contributed by atoms with Gasteiger partial charge in [-0.05, 0) is 41.0 Å². The van der Waals surface area contributed by atoms with Crippen molar-refractivity contribution in [1.82, 2.24) is 15.3 Å². The Kier molecular flexibility index (Phi) is 4.34. The topological polar surface area (TPSA) is 67.4 Å². The van der Waals surface area contributed by atoms with Crippen LogP contribution in [0.1, 0.15) is 38.6 Å². The SMILES string of the molecule is Cc1cnc(C)c(N2CCC(NC(=O)OC(C)(C)C)C2)n1. The van der Waals surface area contributed by atoms with Gasteiger partial charge in [-0.1, -0.05) is 0 Å². The number of rotatable bonds is 2. The molecule has 21 heavy (non-hydrogen) atoms. The number of aromatic nitrogens is 2. The van der Waals surface area contributed by atoms with Crippen molar-refractivity contribution in [2.45, 2.75) is 52.7 Å². The normalized spacial score (nSPS) is 18.7. The van der Waals surface area contributed by atoms with Gasteiger partial charge in [0.05, 0.1) is 17.4 Å². The van der Waals surface area contributed by atoms with Gasteiger partial charge in [-0.3, -0.25) is 4.98 Å². The monoisotopic (exact) mass is 292 g/mol. The highest BCUT2D eigenvalue weighted by atomic mass is 16.6. The highest BCUT2D eigenvalue weighted by Gasteiger charge is 2.27. The van der Waals surface area contributed by atoms with E-state index in [0.717, 1.165) is 36.7 Å². The predicted octanol–water partition coefficient (Wildman–Crippen LogP) is 2.20. The summed E-state index contributed by atoms with van der Waals surface area (Å²) < 4.78 is 5.29. The lowest BCUT2D eigenvalue weighted by atomic mass is 10.2. The third-order valence-electron chi connectivity index (χ3n) is 3.26. The van der Waals surface area contributed by atoms with Crippen LogP contribution in [0.3, 0.4) is 0 Å². The van der Waals surface area contributed by atoms with Gasteiger partial charge in [0, 0.05) is 19.3 Å². The maximum Gasteiger partial charge on any atom is 0.407 e. The summed E-state index contributed by atoms with van der Waals surface area (Å²) in [4.78, 5) is 22.9. The van der Waals surface area contributed by atoms with Crippen LogP contribution in [-0.4, -0.2) is 40.8 Å².